The van der Waals surface area contributed by atoms with Gasteiger partial charge in [0.25, 0.3) is 0 Å². The maximum atomic E-state index is 15.0. The number of likely N-dealkylation sites (tertiary alicyclic amines) is 1. The lowest BCUT2D eigenvalue weighted by Gasteiger charge is -2.58. The van der Waals surface area contributed by atoms with E-state index in [2.05, 4.69) is 113 Å². The zero-order valence-corrected chi connectivity index (χ0v) is 78.1. The molecule has 126 heavy (non-hydrogen) atoms. The summed E-state index contributed by atoms with van der Waals surface area (Å²) in [5.41, 5.74) is 70.0. The first kappa shape index (κ1) is 106. The van der Waals surface area contributed by atoms with Crippen molar-refractivity contribution in [2.45, 2.75) is 306 Å². The van der Waals surface area contributed by atoms with Crippen molar-refractivity contribution in [2.24, 2.45) is 151 Å². The van der Waals surface area contributed by atoms with Crippen LogP contribution in [0.15, 0.2) is 41.6 Å². The van der Waals surface area contributed by atoms with Crippen LogP contribution in [0.4, 0.5) is 0 Å². The Morgan fingerprint density at radius 1 is 0.452 bits per heavy atom. The van der Waals surface area contributed by atoms with Crippen molar-refractivity contribution in [3.05, 3.63) is 11.6 Å². The highest BCUT2D eigenvalue weighted by molar-refractivity contribution is 8.76. The third-order valence-electron chi connectivity index (χ3n) is 26.2. The van der Waals surface area contributed by atoms with Gasteiger partial charge in [0.05, 0.1) is 5.25 Å². The van der Waals surface area contributed by atoms with Gasteiger partial charge in [-0.05, 0) is 187 Å². The van der Waals surface area contributed by atoms with Crippen LogP contribution in [0.2, 0.25) is 0 Å². The maximum Gasteiger partial charge on any atom is 0.243 e. The molecule has 40 heteroatoms. The van der Waals surface area contributed by atoms with Crippen molar-refractivity contribution in [3.63, 3.8) is 0 Å². The van der Waals surface area contributed by atoms with Crippen LogP contribution >= 0.6 is 33.3 Å². The number of unbranched alkanes of at least 4 members (excludes halogenated alkanes) is 3. The topological polar surface area (TPSA) is 657 Å². The number of nitrogens with zero attached hydrogens (tertiary/aromatic N) is 7. The van der Waals surface area contributed by atoms with Crippen molar-refractivity contribution < 1.29 is 47.9 Å². The molecule has 0 aromatic heterocycles. The number of amides is 10. The van der Waals surface area contributed by atoms with Crippen molar-refractivity contribution >= 4 is 128 Å². The summed E-state index contributed by atoms with van der Waals surface area (Å²) in [5, 5.41) is 22.0. The van der Waals surface area contributed by atoms with Crippen LogP contribution in [0.1, 0.15) is 259 Å². The van der Waals surface area contributed by atoms with Gasteiger partial charge in [-0.25, -0.2) is 0 Å². The number of imide groups is 1. The molecule has 37 nitrogen and oxygen atoms in total. The Kier molecular flexibility index (Phi) is 47.1. The van der Waals surface area contributed by atoms with Crippen molar-refractivity contribution in [2.75, 3.05) is 70.4 Å². The number of carbonyl (C=O) groups is 10. The number of rotatable bonds is 60. The van der Waals surface area contributed by atoms with E-state index in [0.29, 0.717) is 41.7 Å². The molecule has 4 saturated carbocycles. The van der Waals surface area contributed by atoms with E-state index in [0.717, 1.165) is 73.0 Å². The largest absolute Gasteiger partial charge is 0.370 e. The summed E-state index contributed by atoms with van der Waals surface area (Å²) in [5.74, 6) is -1.44. The van der Waals surface area contributed by atoms with Gasteiger partial charge in [0.15, 0.2) is 35.8 Å². The van der Waals surface area contributed by atoms with Crippen LogP contribution in [0.5, 0.6) is 0 Å². The Labute approximate surface area is 758 Å². The molecule has 1 aliphatic heterocycles. The van der Waals surface area contributed by atoms with Crippen LogP contribution in [0, 0.1) is 52.3 Å². The first-order chi connectivity index (χ1) is 60.1. The molecule has 0 bridgehead atoms. The molecule has 0 aromatic carbocycles. The molecule has 15 atom stereocenters. The summed E-state index contributed by atoms with van der Waals surface area (Å²) in [6, 6.07) is -8.32. The summed E-state index contributed by atoms with van der Waals surface area (Å²) in [7, 11) is 2.98. The number of guanidine groups is 6. The minimum Gasteiger partial charge on any atom is -0.370 e. The zero-order chi connectivity index (χ0) is 92.3. The molecule has 1 heterocycles. The third-order valence-corrected chi connectivity index (χ3v) is 30.1. The highest BCUT2D eigenvalue weighted by atomic mass is 33.1. The van der Waals surface area contributed by atoms with E-state index in [1.807, 2.05) is 0 Å². The van der Waals surface area contributed by atoms with Crippen LogP contribution in [-0.2, 0) is 47.9 Å². The predicted octanol–water partition coefficient (Wildman–Crippen LogP) is 3.02. The number of fused-ring (bicyclic) bond motifs is 5. The quantitative estimate of drug-likeness (QED) is 0.0104. The average molecular weight is 1820 g/mol. The van der Waals surface area contributed by atoms with Crippen molar-refractivity contribution in [3.8, 4) is 0 Å². The van der Waals surface area contributed by atoms with Gasteiger partial charge in [-0.3, -0.25) is 82.8 Å². The second-order valence-electron chi connectivity index (χ2n) is 36.1. The van der Waals surface area contributed by atoms with E-state index < -0.39 is 82.9 Å². The van der Waals surface area contributed by atoms with Gasteiger partial charge in [0, 0.05) is 94.9 Å². The second kappa shape index (κ2) is 55.9. The molecule has 5 aliphatic carbocycles. The lowest BCUT2D eigenvalue weighted by molar-refractivity contribution is -0.139. The van der Waals surface area contributed by atoms with Gasteiger partial charge >= 0.3 is 0 Å². The summed E-state index contributed by atoms with van der Waals surface area (Å²) < 4.78 is 0. The van der Waals surface area contributed by atoms with E-state index in [1.165, 1.54) is 117 Å². The molecule has 0 radical (unpaired) electrons. The third kappa shape index (κ3) is 37.2. The van der Waals surface area contributed by atoms with E-state index in [1.54, 1.807) is 11.8 Å². The molecule has 5 fully saturated rings. The van der Waals surface area contributed by atoms with Crippen LogP contribution < -0.4 is 111 Å². The summed E-state index contributed by atoms with van der Waals surface area (Å²) >= 11 is 1.57. The fourth-order valence-electron chi connectivity index (χ4n) is 19.6. The molecular weight excluding hydrogens is 1670 g/mol. The summed E-state index contributed by atoms with van der Waals surface area (Å²) in [4.78, 5) is 169. The summed E-state index contributed by atoms with van der Waals surface area (Å²) in [6.45, 7) is 13.0. The number of aliphatic imine (C=N–C) groups is 6. The normalized spacial score (nSPS) is 22.4. The van der Waals surface area contributed by atoms with E-state index >= 15 is 0 Å². The fourth-order valence-corrected chi connectivity index (χ4v) is 23.0. The van der Waals surface area contributed by atoms with Gasteiger partial charge in [-0.2, -0.15) is 0 Å². The molecule has 6 rings (SSSR count). The number of nitrogens with two attached hydrogens (primary N) is 12. The van der Waals surface area contributed by atoms with Gasteiger partial charge in [-0.1, -0.05) is 138 Å². The predicted molar refractivity (Wildman–Crippen MR) is 506 cm³/mol. The van der Waals surface area contributed by atoms with Crippen molar-refractivity contribution in [1.29, 1.82) is 0 Å². The second-order valence-corrected chi connectivity index (χ2v) is 40.3. The Bertz CT molecular complexity index is 3710. The molecule has 712 valence electrons. The lowest BCUT2D eigenvalue weighted by atomic mass is 9.47. The zero-order valence-electron chi connectivity index (χ0n) is 75.6. The molecule has 0 aromatic rings. The SMILES string of the molecule is CC(C)CCC[C@H](C)[C@H]1CCC2C3CC=C4C[C@@H](SC5CC(=O)N(CCC(=O)N[C@@H](CCCN=C(N)N)C(=O)N[C@@H](CCCN=C(N)N)C(=O)N[C@@H](CCCN=C(N)N)C(=O)N[C@@H](CCCN=C(N)N)C(=O)N[C@@H](CCCN=C(N)N)C(=O)N[C@@H](CCCN=C(N)N)C(=O)NCCSSCCC(=O)NCCCCCCC6CCCC6)C5=O)CC[C@]4(C)C3CC[C@@]21C. The molecule has 1 saturated heterocycles. The van der Waals surface area contributed by atoms with Gasteiger partial charge in [0.2, 0.25) is 59.1 Å². The Hall–Kier alpha value is -8.69. The number of hydrogen-bond donors (Lipinski definition) is 20. The van der Waals surface area contributed by atoms with Crippen LogP contribution in [0.3, 0.4) is 0 Å². The Balaban J connectivity index is 1.12. The average Bonchev–Trinajstić information content (AvgIpc) is 1.42. The molecule has 6 aliphatic rings. The van der Waals surface area contributed by atoms with Gasteiger partial charge in [-0.15, -0.1) is 11.8 Å². The number of allylic oxidation sites excluding steroid dienone is 2. The highest BCUT2D eigenvalue weighted by Gasteiger charge is 2.59. The smallest absolute Gasteiger partial charge is 0.243 e. The summed E-state index contributed by atoms with van der Waals surface area (Å²) in [6.07, 6.45) is 27.0. The molecule has 32 N–H and O–H groups in total. The van der Waals surface area contributed by atoms with E-state index in [4.69, 9.17) is 68.8 Å². The number of carbonyl (C=O) groups excluding carboxylic acids is 10. The van der Waals surface area contributed by atoms with Gasteiger partial charge < -0.3 is 111 Å². The maximum absolute atomic E-state index is 15.0. The van der Waals surface area contributed by atoms with Crippen molar-refractivity contribution in [1.82, 2.24) is 47.4 Å². The van der Waals surface area contributed by atoms with E-state index in [9.17, 15) is 47.9 Å². The first-order valence-corrected chi connectivity index (χ1v) is 49.6. The first-order valence-electron chi connectivity index (χ1n) is 46.2. The van der Waals surface area contributed by atoms with Crippen LogP contribution in [0.25, 0.3) is 0 Å². The Morgan fingerprint density at radius 3 is 1.37 bits per heavy atom. The monoisotopic (exact) mass is 1820 g/mol. The van der Waals surface area contributed by atoms with Gasteiger partial charge in [0.1, 0.15) is 36.3 Å². The van der Waals surface area contributed by atoms with Crippen LogP contribution in [-0.4, -0.2) is 217 Å². The minimum atomic E-state index is -1.49. The standard InChI is InChI=1S/C86H155N27O10S3/c1-53(2)19-12-20-54(3)59-32-33-60-58-31-30-56-51-57(34-38-85(56,4)61(58)35-39-86(59,60)5)126-68-52-71(116)113(78(68)123)48-36-70(115)107-63(25-14-42-102-80(89)90)73(118)109-65(27-16-44-104-82(93)94)75(120)111-67(29-18-46-106-84(97)98)77(122)112-66(28-17-45-105-83(95)96)76(121)110-64(26-15-43-103-81(91)92)74(119)108-62(24-13-41-101-79(87)88)72(117)100-47-50-125-124-49-37-69(114)99-40-11-7-6-8-21-55-22-9-10-23-55/h30,53-55,57-68H,6-29,31-52H2,1-5H3,(H,99,114)(H,100,117)(H,107,115)(H,108,119)(H,109,118)(H,110,121)(H,111,120)(H,112,122)(H4,87,88,101)(H4,89,90,102)(H4,91,92,103)(H4,93,94,104)(H4,95,96,105)(H4,97,98,106)/t54-,57-,58?,59+,60?,61?,62-,63-,64-,65-,66-,67-,68?,85-,86+/m0/s1. The Morgan fingerprint density at radius 2 is 0.905 bits per heavy atom. The number of nitrogens with one attached hydrogen (secondary N) is 8. The molecule has 0 spiro atoms. The molecule has 4 unspecified atom stereocenters. The lowest BCUT2D eigenvalue weighted by Crippen LogP contribution is -2.59. The van der Waals surface area contributed by atoms with E-state index in [-0.39, 0.29) is 206 Å². The minimum absolute atomic E-state index is 0.00429. The number of hydrogen-bond acceptors (Lipinski definition) is 19. The fraction of sp³-hybridized carbons (Fsp3) is 0.791. The molecular formula is C86H155N27O10S3. The molecule has 10 amide bonds. The highest BCUT2D eigenvalue weighted by Crippen LogP contribution is 2.68. The number of thioether (sulfide) groups is 1.